The Hall–Kier alpha value is -1.83. The van der Waals surface area contributed by atoms with Crippen molar-refractivity contribution in [3.8, 4) is 0 Å². The van der Waals surface area contributed by atoms with Crippen molar-refractivity contribution >= 4 is 50.0 Å². The van der Waals surface area contributed by atoms with E-state index < -0.39 is 9.84 Å². The summed E-state index contributed by atoms with van der Waals surface area (Å²) in [4.78, 5) is 19.2. The smallest absolute Gasteiger partial charge is 0.234 e. The van der Waals surface area contributed by atoms with Gasteiger partial charge in [-0.25, -0.2) is 8.42 Å². The molecule has 8 heteroatoms. The van der Waals surface area contributed by atoms with Gasteiger partial charge in [0.05, 0.1) is 22.4 Å². The van der Waals surface area contributed by atoms with Gasteiger partial charge in [0.25, 0.3) is 0 Å². The van der Waals surface area contributed by atoms with Crippen molar-refractivity contribution in [2.45, 2.75) is 31.2 Å². The topological polar surface area (TPSA) is 66.8 Å². The zero-order valence-electron chi connectivity index (χ0n) is 15.6. The highest BCUT2D eigenvalue weighted by Gasteiger charge is 2.28. The van der Waals surface area contributed by atoms with Gasteiger partial charge in [-0.2, -0.15) is 0 Å². The minimum atomic E-state index is -3.54. The molecule has 1 aliphatic rings. The predicted octanol–water partition coefficient (Wildman–Crippen LogP) is 4.34. The zero-order valence-corrected chi connectivity index (χ0v) is 18.0. The van der Waals surface area contributed by atoms with Gasteiger partial charge >= 0.3 is 0 Å². The third kappa shape index (κ3) is 4.96. The van der Waals surface area contributed by atoms with Crippen LogP contribution in [-0.4, -0.2) is 37.0 Å². The second kappa shape index (κ2) is 8.68. The Bertz CT molecular complexity index is 987. The van der Waals surface area contributed by atoms with E-state index >= 15 is 0 Å². The summed E-state index contributed by atoms with van der Waals surface area (Å²) in [6.07, 6.45) is -0.132. The summed E-state index contributed by atoms with van der Waals surface area (Å²) >= 11 is 7.45. The fraction of sp³-hybridized carbons (Fsp3) is 0.300. The summed E-state index contributed by atoms with van der Waals surface area (Å²) in [7, 11) is -3.54. The second-order valence-electron chi connectivity index (χ2n) is 6.66. The van der Waals surface area contributed by atoms with Crippen LogP contribution in [0.2, 0.25) is 5.02 Å². The summed E-state index contributed by atoms with van der Waals surface area (Å²) in [5.41, 5.74) is 1.61. The van der Waals surface area contributed by atoms with Crippen LogP contribution in [0.1, 0.15) is 18.9 Å². The molecule has 0 spiro atoms. The van der Waals surface area contributed by atoms with E-state index in [1.807, 2.05) is 13.8 Å². The lowest BCUT2D eigenvalue weighted by molar-refractivity contribution is -0.117. The molecule has 0 N–H and O–H groups in total. The van der Waals surface area contributed by atoms with E-state index in [1.54, 1.807) is 48.5 Å². The highest BCUT2D eigenvalue weighted by molar-refractivity contribution is 8.14. The van der Waals surface area contributed by atoms with Gasteiger partial charge in [-0.1, -0.05) is 41.1 Å². The SMILES string of the molecule is Cc1ccc(S(=O)(=O)CCC(=O)N(C2=NC(C)CS2)c2ccc(Cl)cc2)cc1. The van der Waals surface area contributed by atoms with E-state index in [-0.39, 0.29) is 29.0 Å². The third-order valence-corrected chi connectivity index (χ3v) is 7.45. The molecule has 1 amide bonds. The molecule has 0 radical (unpaired) electrons. The molecule has 28 heavy (non-hydrogen) atoms. The number of rotatable bonds is 5. The first-order valence-electron chi connectivity index (χ1n) is 8.85. The highest BCUT2D eigenvalue weighted by Crippen LogP contribution is 2.27. The van der Waals surface area contributed by atoms with Crippen LogP contribution in [0.3, 0.4) is 0 Å². The second-order valence-corrected chi connectivity index (χ2v) is 10.2. The minimum absolute atomic E-state index is 0.110. The van der Waals surface area contributed by atoms with Crippen molar-refractivity contribution in [2.75, 3.05) is 16.4 Å². The largest absolute Gasteiger partial charge is 0.274 e. The number of amides is 1. The molecule has 0 aliphatic carbocycles. The monoisotopic (exact) mass is 436 g/mol. The summed E-state index contributed by atoms with van der Waals surface area (Å²) < 4.78 is 25.2. The summed E-state index contributed by atoms with van der Waals surface area (Å²) in [6, 6.07) is 13.6. The molecule has 1 atom stereocenters. The molecule has 1 unspecified atom stereocenters. The van der Waals surface area contributed by atoms with Crippen LogP contribution in [0.15, 0.2) is 58.4 Å². The minimum Gasteiger partial charge on any atom is -0.274 e. The van der Waals surface area contributed by atoms with E-state index in [2.05, 4.69) is 4.99 Å². The number of carbonyl (C=O) groups is 1. The molecule has 2 aromatic rings. The van der Waals surface area contributed by atoms with E-state index in [0.717, 1.165) is 11.3 Å². The van der Waals surface area contributed by atoms with Crippen LogP contribution < -0.4 is 4.90 Å². The van der Waals surface area contributed by atoms with Crippen LogP contribution in [0.25, 0.3) is 0 Å². The van der Waals surface area contributed by atoms with Crippen molar-refractivity contribution in [1.29, 1.82) is 0 Å². The molecule has 0 saturated carbocycles. The average molecular weight is 437 g/mol. The lowest BCUT2D eigenvalue weighted by atomic mass is 10.2. The van der Waals surface area contributed by atoms with Gasteiger partial charge in [-0.05, 0) is 50.2 Å². The Morgan fingerprint density at radius 1 is 1.18 bits per heavy atom. The predicted molar refractivity (Wildman–Crippen MR) is 116 cm³/mol. The van der Waals surface area contributed by atoms with E-state index in [9.17, 15) is 13.2 Å². The number of hydrogen-bond acceptors (Lipinski definition) is 5. The Morgan fingerprint density at radius 2 is 1.82 bits per heavy atom. The quantitative estimate of drug-likeness (QED) is 0.699. The number of nitrogens with zero attached hydrogens (tertiary/aromatic N) is 2. The van der Waals surface area contributed by atoms with E-state index in [0.29, 0.717) is 15.9 Å². The van der Waals surface area contributed by atoms with Crippen molar-refractivity contribution in [2.24, 2.45) is 4.99 Å². The summed E-state index contributed by atoms with van der Waals surface area (Å²) in [6.45, 7) is 3.87. The Kier molecular flexibility index (Phi) is 6.47. The molecule has 0 fully saturated rings. The molecule has 1 heterocycles. The Balaban J connectivity index is 1.80. The number of hydrogen-bond donors (Lipinski definition) is 0. The maximum atomic E-state index is 13.0. The summed E-state index contributed by atoms with van der Waals surface area (Å²) in [5, 5.41) is 1.15. The zero-order chi connectivity index (χ0) is 20.3. The van der Waals surface area contributed by atoms with Gasteiger partial charge in [0.1, 0.15) is 0 Å². The number of anilines is 1. The molecule has 2 aromatic carbocycles. The van der Waals surface area contributed by atoms with Gasteiger partial charge in [0.15, 0.2) is 15.0 Å². The van der Waals surface area contributed by atoms with Crippen LogP contribution in [0, 0.1) is 6.92 Å². The molecule has 0 bridgehead atoms. The molecule has 3 rings (SSSR count). The molecule has 0 aromatic heterocycles. The van der Waals surface area contributed by atoms with E-state index in [4.69, 9.17) is 11.6 Å². The van der Waals surface area contributed by atoms with Gasteiger partial charge in [-0.3, -0.25) is 14.7 Å². The number of amidine groups is 1. The number of sulfone groups is 1. The first-order chi connectivity index (χ1) is 13.3. The fourth-order valence-electron chi connectivity index (χ4n) is 2.73. The number of halogens is 1. The number of carbonyl (C=O) groups excluding carboxylic acids is 1. The first kappa shape index (κ1) is 20.9. The maximum absolute atomic E-state index is 13.0. The van der Waals surface area contributed by atoms with Gasteiger partial charge in [0.2, 0.25) is 5.91 Å². The molecular weight excluding hydrogens is 416 g/mol. The van der Waals surface area contributed by atoms with Crippen LogP contribution in [-0.2, 0) is 14.6 Å². The number of aryl methyl sites for hydroxylation is 1. The van der Waals surface area contributed by atoms with E-state index in [1.165, 1.54) is 16.7 Å². The number of aliphatic imine (C=N–C) groups is 1. The van der Waals surface area contributed by atoms with Crippen molar-refractivity contribution in [3.63, 3.8) is 0 Å². The van der Waals surface area contributed by atoms with Crippen LogP contribution >= 0.6 is 23.4 Å². The molecule has 0 saturated heterocycles. The highest BCUT2D eigenvalue weighted by atomic mass is 35.5. The van der Waals surface area contributed by atoms with Gasteiger partial charge in [-0.15, -0.1) is 0 Å². The molecule has 5 nitrogen and oxygen atoms in total. The van der Waals surface area contributed by atoms with Gasteiger partial charge in [0, 0.05) is 17.2 Å². The normalized spacial score (nSPS) is 16.7. The molecule has 1 aliphatic heterocycles. The fourth-order valence-corrected chi connectivity index (χ4v) is 5.14. The van der Waals surface area contributed by atoms with Gasteiger partial charge < -0.3 is 0 Å². The van der Waals surface area contributed by atoms with Crippen LogP contribution in [0.5, 0.6) is 0 Å². The lowest BCUT2D eigenvalue weighted by Crippen LogP contribution is -2.35. The standard InChI is InChI=1S/C20H21ClN2O3S2/c1-14-3-9-18(10-4-14)28(25,26)12-11-19(24)23(20-22-15(2)13-27-20)17-7-5-16(21)6-8-17/h3-10,15H,11-13H2,1-2H3. The van der Waals surface area contributed by atoms with Crippen molar-refractivity contribution in [1.82, 2.24) is 0 Å². The molecule has 148 valence electrons. The number of thioether (sulfide) groups is 1. The van der Waals surface area contributed by atoms with Crippen molar-refractivity contribution < 1.29 is 13.2 Å². The average Bonchev–Trinajstić information content (AvgIpc) is 3.08. The molecular formula is C20H21ClN2O3S2. The van der Waals surface area contributed by atoms with Crippen LogP contribution in [0.4, 0.5) is 5.69 Å². The first-order valence-corrected chi connectivity index (χ1v) is 11.9. The Labute approximate surface area is 174 Å². The maximum Gasteiger partial charge on any atom is 0.234 e. The van der Waals surface area contributed by atoms with Crippen molar-refractivity contribution in [3.05, 3.63) is 59.1 Å². The summed E-state index contributed by atoms with van der Waals surface area (Å²) in [5.74, 6) is 0.222. The third-order valence-electron chi connectivity index (χ3n) is 4.27. The Morgan fingerprint density at radius 3 is 2.39 bits per heavy atom. The lowest BCUT2D eigenvalue weighted by Gasteiger charge is -2.22. The number of benzene rings is 2.